The molecule has 3 nitrogen and oxygen atoms in total. The van der Waals surface area contributed by atoms with Crippen molar-refractivity contribution in [3.8, 4) is 0 Å². The summed E-state index contributed by atoms with van der Waals surface area (Å²) >= 11 is 0. The molecule has 0 aliphatic carbocycles. The molecule has 116 valence electrons. The van der Waals surface area contributed by atoms with Crippen molar-refractivity contribution < 1.29 is 18.3 Å². The number of rotatable bonds is 2. The minimum atomic E-state index is -0.512. The molecule has 2 aromatic carbocycles. The molecule has 0 N–H and O–H groups in total. The summed E-state index contributed by atoms with van der Waals surface area (Å²) in [6.07, 6.45) is 1.38. The van der Waals surface area contributed by atoms with Gasteiger partial charge < -0.3 is 4.74 Å². The van der Waals surface area contributed by atoms with E-state index >= 15 is 0 Å². The maximum Gasteiger partial charge on any atom is 0.411 e. The molecular formula is C18H13F2NO2. The lowest BCUT2D eigenvalue weighted by molar-refractivity contribution is 0.153. The van der Waals surface area contributed by atoms with Crippen LogP contribution < -0.4 is 0 Å². The van der Waals surface area contributed by atoms with Crippen LogP contribution in [0.25, 0.3) is 5.57 Å². The molecule has 23 heavy (non-hydrogen) atoms. The standard InChI is InChI=1S/C18H13F2NO2/c19-12-6-7-15(20)13(8-12)14-9-16(11-4-2-1-3-5-11)21-17(14)10-23-18(21)22/h1-9,16-17H,10H2. The Balaban J connectivity index is 1.83. The zero-order valence-corrected chi connectivity index (χ0v) is 12.1. The number of carbonyl (C=O) groups is 1. The Labute approximate surface area is 131 Å². The van der Waals surface area contributed by atoms with Gasteiger partial charge in [0.25, 0.3) is 0 Å². The minimum Gasteiger partial charge on any atom is -0.447 e. The highest BCUT2D eigenvalue weighted by atomic mass is 19.1. The van der Waals surface area contributed by atoms with E-state index in [2.05, 4.69) is 0 Å². The van der Waals surface area contributed by atoms with Crippen LogP contribution in [0.2, 0.25) is 0 Å². The number of amides is 1. The van der Waals surface area contributed by atoms with Crippen LogP contribution in [0.4, 0.5) is 13.6 Å². The molecule has 0 aromatic heterocycles. The molecule has 2 heterocycles. The first-order valence-electron chi connectivity index (χ1n) is 7.32. The zero-order chi connectivity index (χ0) is 16.0. The molecule has 0 saturated carbocycles. The predicted molar refractivity (Wildman–Crippen MR) is 80.5 cm³/mol. The van der Waals surface area contributed by atoms with Gasteiger partial charge in [-0.25, -0.2) is 13.6 Å². The first kappa shape index (κ1) is 13.9. The Bertz CT molecular complexity index is 804. The highest BCUT2D eigenvalue weighted by Crippen LogP contribution is 2.43. The lowest BCUT2D eigenvalue weighted by Gasteiger charge is -2.22. The first-order chi connectivity index (χ1) is 11.1. The van der Waals surface area contributed by atoms with Crippen LogP contribution in [-0.4, -0.2) is 23.6 Å². The maximum atomic E-state index is 14.2. The normalized spacial score (nSPS) is 22.8. The van der Waals surface area contributed by atoms with E-state index in [1.165, 1.54) is 0 Å². The van der Waals surface area contributed by atoms with Crippen molar-refractivity contribution in [3.05, 3.63) is 77.4 Å². The Hall–Kier alpha value is -2.69. The van der Waals surface area contributed by atoms with Crippen molar-refractivity contribution in [3.63, 3.8) is 0 Å². The van der Waals surface area contributed by atoms with E-state index < -0.39 is 23.8 Å². The van der Waals surface area contributed by atoms with Gasteiger partial charge in [-0.2, -0.15) is 0 Å². The van der Waals surface area contributed by atoms with Crippen LogP contribution in [0.1, 0.15) is 17.2 Å². The van der Waals surface area contributed by atoms with E-state index in [4.69, 9.17) is 4.74 Å². The fraction of sp³-hybridized carbons (Fsp3) is 0.167. The van der Waals surface area contributed by atoms with Crippen LogP contribution in [-0.2, 0) is 4.74 Å². The Morgan fingerprint density at radius 2 is 1.87 bits per heavy atom. The van der Waals surface area contributed by atoms with Gasteiger partial charge in [-0.1, -0.05) is 36.4 Å². The third kappa shape index (κ3) is 2.20. The summed E-state index contributed by atoms with van der Waals surface area (Å²) < 4.78 is 32.8. The quantitative estimate of drug-likeness (QED) is 0.841. The van der Waals surface area contributed by atoms with Crippen molar-refractivity contribution in [2.24, 2.45) is 0 Å². The number of fused-ring (bicyclic) bond motifs is 1. The van der Waals surface area contributed by atoms with E-state index in [-0.39, 0.29) is 18.2 Å². The number of hydrogen-bond acceptors (Lipinski definition) is 2. The van der Waals surface area contributed by atoms with Gasteiger partial charge in [0, 0.05) is 5.56 Å². The maximum absolute atomic E-state index is 14.2. The largest absolute Gasteiger partial charge is 0.447 e. The van der Waals surface area contributed by atoms with E-state index in [1.807, 2.05) is 36.4 Å². The lowest BCUT2D eigenvalue weighted by Crippen LogP contribution is -2.31. The van der Waals surface area contributed by atoms with Crippen molar-refractivity contribution in [1.82, 2.24) is 4.90 Å². The van der Waals surface area contributed by atoms with E-state index in [1.54, 1.807) is 4.90 Å². The third-order valence-electron chi connectivity index (χ3n) is 4.29. The van der Waals surface area contributed by atoms with E-state index in [0.29, 0.717) is 5.57 Å². The SMILES string of the molecule is O=C1OCC2C(c3cc(F)ccc3F)=CC(c3ccccc3)N12. The second-order valence-corrected chi connectivity index (χ2v) is 5.60. The predicted octanol–water partition coefficient (Wildman–Crippen LogP) is 3.92. The van der Waals surface area contributed by atoms with Gasteiger partial charge in [0.15, 0.2) is 0 Å². The average Bonchev–Trinajstić information content (AvgIpc) is 3.12. The summed E-state index contributed by atoms with van der Waals surface area (Å²) in [5.74, 6) is -1.02. The molecular weight excluding hydrogens is 300 g/mol. The summed E-state index contributed by atoms with van der Waals surface area (Å²) in [7, 11) is 0. The number of hydrogen-bond donors (Lipinski definition) is 0. The lowest BCUT2D eigenvalue weighted by atomic mass is 9.99. The molecule has 2 aliphatic rings. The average molecular weight is 313 g/mol. The number of carbonyl (C=O) groups excluding carboxylic acids is 1. The smallest absolute Gasteiger partial charge is 0.411 e. The second kappa shape index (κ2) is 5.19. The zero-order valence-electron chi connectivity index (χ0n) is 12.1. The molecule has 2 unspecified atom stereocenters. The summed E-state index contributed by atoms with van der Waals surface area (Å²) in [5, 5.41) is 0. The van der Waals surface area contributed by atoms with Gasteiger partial charge in [0.05, 0.1) is 12.1 Å². The van der Waals surface area contributed by atoms with Crippen LogP contribution in [0, 0.1) is 11.6 Å². The first-order valence-corrected chi connectivity index (χ1v) is 7.32. The number of benzene rings is 2. The molecule has 2 atom stereocenters. The fourth-order valence-electron chi connectivity index (χ4n) is 3.24. The minimum absolute atomic E-state index is 0.143. The molecule has 1 amide bonds. The van der Waals surface area contributed by atoms with Gasteiger partial charge in [-0.15, -0.1) is 0 Å². The molecule has 0 bridgehead atoms. The van der Waals surface area contributed by atoms with Crippen molar-refractivity contribution in [1.29, 1.82) is 0 Å². The molecule has 4 rings (SSSR count). The van der Waals surface area contributed by atoms with Gasteiger partial charge in [0.1, 0.15) is 18.2 Å². The topological polar surface area (TPSA) is 29.5 Å². The van der Waals surface area contributed by atoms with Crippen LogP contribution in [0.15, 0.2) is 54.6 Å². The number of halogens is 2. The summed E-state index contributed by atoms with van der Waals surface area (Å²) in [5.41, 5.74) is 1.67. The molecule has 2 aromatic rings. The van der Waals surface area contributed by atoms with Crippen molar-refractivity contribution in [2.75, 3.05) is 6.61 Å². The summed E-state index contributed by atoms with van der Waals surface area (Å²) in [4.78, 5) is 13.6. The fourth-order valence-corrected chi connectivity index (χ4v) is 3.24. The van der Waals surface area contributed by atoms with Gasteiger partial charge >= 0.3 is 6.09 Å². The number of ether oxygens (including phenoxy) is 1. The Morgan fingerprint density at radius 3 is 2.65 bits per heavy atom. The highest BCUT2D eigenvalue weighted by molar-refractivity contribution is 5.83. The molecule has 0 radical (unpaired) electrons. The van der Waals surface area contributed by atoms with Crippen LogP contribution in [0.3, 0.4) is 0 Å². The molecule has 1 fully saturated rings. The monoisotopic (exact) mass is 313 g/mol. The van der Waals surface area contributed by atoms with E-state index in [0.717, 1.165) is 23.8 Å². The van der Waals surface area contributed by atoms with E-state index in [9.17, 15) is 13.6 Å². The summed E-state index contributed by atoms with van der Waals surface area (Å²) in [6.45, 7) is 0.143. The van der Waals surface area contributed by atoms with Gasteiger partial charge in [-0.3, -0.25) is 4.90 Å². The second-order valence-electron chi connectivity index (χ2n) is 5.60. The number of nitrogens with zero attached hydrogens (tertiary/aromatic N) is 1. The van der Waals surface area contributed by atoms with Gasteiger partial charge in [-0.05, 0) is 29.3 Å². The van der Waals surface area contributed by atoms with Crippen molar-refractivity contribution >= 4 is 11.7 Å². The number of cyclic esters (lactones) is 1. The molecule has 0 spiro atoms. The Kier molecular flexibility index (Phi) is 3.15. The molecule has 1 saturated heterocycles. The summed E-state index contributed by atoms with van der Waals surface area (Å²) in [6, 6.07) is 12.0. The molecule has 2 aliphatic heterocycles. The van der Waals surface area contributed by atoms with Crippen LogP contribution >= 0.6 is 0 Å². The third-order valence-corrected chi connectivity index (χ3v) is 4.29. The van der Waals surface area contributed by atoms with Gasteiger partial charge in [0.2, 0.25) is 0 Å². The van der Waals surface area contributed by atoms with Crippen LogP contribution in [0.5, 0.6) is 0 Å². The highest BCUT2D eigenvalue weighted by Gasteiger charge is 2.45. The Morgan fingerprint density at radius 1 is 1.09 bits per heavy atom. The van der Waals surface area contributed by atoms with Crippen molar-refractivity contribution in [2.45, 2.75) is 12.1 Å². The molecule has 5 heteroatoms.